The lowest BCUT2D eigenvalue weighted by Gasteiger charge is -2.58. The summed E-state index contributed by atoms with van der Waals surface area (Å²) < 4.78 is 0. The monoisotopic (exact) mass is 290 g/mol. The van der Waals surface area contributed by atoms with Crippen LogP contribution in [0.4, 0.5) is 0 Å². The highest BCUT2D eigenvalue weighted by Crippen LogP contribution is 2.54. The van der Waals surface area contributed by atoms with Gasteiger partial charge in [0, 0.05) is 24.0 Å². The molecule has 2 nitrogen and oxygen atoms in total. The fraction of sp³-hybridized carbons (Fsp3) is 0.647. The molecule has 2 atom stereocenters. The fourth-order valence-corrected chi connectivity index (χ4v) is 5.11. The Hall–Kier alpha value is -0.570. The fourth-order valence-electron chi connectivity index (χ4n) is 4.98. The van der Waals surface area contributed by atoms with E-state index < -0.39 is 0 Å². The van der Waals surface area contributed by atoms with Gasteiger partial charge in [0.1, 0.15) is 0 Å². The molecule has 4 aliphatic rings. The van der Waals surface area contributed by atoms with Crippen molar-refractivity contribution in [2.45, 2.75) is 25.2 Å². The number of halogens is 1. The number of fused-ring (bicyclic) bond motifs is 2. The van der Waals surface area contributed by atoms with Gasteiger partial charge >= 0.3 is 0 Å². The Morgan fingerprint density at radius 1 is 1.15 bits per heavy atom. The maximum Gasteiger partial charge on any atom is 0.0406 e. The van der Waals surface area contributed by atoms with Crippen molar-refractivity contribution >= 4 is 11.6 Å². The number of hydrogen-bond donors (Lipinski definition) is 1. The molecule has 0 aliphatic carbocycles. The molecule has 1 aromatic rings. The van der Waals surface area contributed by atoms with Crippen molar-refractivity contribution in [2.24, 2.45) is 11.3 Å². The standard InChI is InChI=1S/C17H23ClN2/c18-15-3-1-13(2-4-15)16-11-19-8-7-17(16)12-20-9-5-14(17)6-10-20/h1-4,14,16,19H,5-12H2. The normalized spacial score (nSPS) is 40.1. The van der Waals surface area contributed by atoms with Crippen LogP contribution in [0.2, 0.25) is 5.02 Å². The van der Waals surface area contributed by atoms with Gasteiger partial charge in [-0.3, -0.25) is 0 Å². The first-order chi connectivity index (χ1) is 9.78. The van der Waals surface area contributed by atoms with E-state index >= 15 is 0 Å². The van der Waals surface area contributed by atoms with Crippen molar-refractivity contribution in [1.29, 1.82) is 0 Å². The molecule has 2 bridgehead atoms. The van der Waals surface area contributed by atoms with Crippen LogP contribution in [0.25, 0.3) is 0 Å². The van der Waals surface area contributed by atoms with Gasteiger partial charge in [0.05, 0.1) is 0 Å². The Labute approximate surface area is 126 Å². The van der Waals surface area contributed by atoms with Gasteiger partial charge in [-0.2, -0.15) is 0 Å². The van der Waals surface area contributed by atoms with Crippen LogP contribution in [0, 0.1) is 11.3 Å². The Balaban J connectivity index is 1.71. The molecule has 108 valence electrons. The number of nitrogens with zero attached hydrogens (tertiary/aromatic N) is 1. The highest BCUT2D eigenvalue weighted by molar-refractivity contribution is 6.30. The maximum absolute atomic E-state index is 6.07. The zero-order valence-electron chi connectivity index (χ0n) is 11.9. The molecule has 20 heavy (non-hydrogen) atoms. The van der Waals surface area contributed by atoms with Crippen LogP contribution in [-0.2, 0) is 0 Å². The molecule has 4 saturated heterocycles. The van der Waals surface area contributed by atoms with Crippen molar-refractivity contribution in [1.82, 2.24) is 10.2 Å². The molecule has 5 rings (SSSR count). The van der Waals surface area contributed by atoms with Gasteiger partial charge in [-0.05, 0) is 67.9 Å². The average molecular weight is 291 g/mol. The molecule has 4 fully saturated rings. The van der Waals surface area contributed by atoms with Gasteiger partial charge in [-0.1, -0.05) is 23.7 Å². The molecule has 3 heteroatoms. The van der Waals surface area contributed by atoms with Gasteiger partial charge in [-0.15, -0.1) is 0 Å². The van der Waals surface area contributed by atoms with Crippen LogP contribution in [0.3, 0.4) is 0 Å². The lowest BCUT2D eigenvalue weighted by molar-refractivity contribution is -0.0617. The number of nitrogens with one attached hydrogen (secondary N) is 1. The minimum Gasteiger partial charge on any atom is -0.316 e. The summed E-state index contributed by atoms with van der Waals surface area (Å²) in [7, 11) is 0. The number of benzene rings is 1. The van der Waals surface area contributed by atoms with Crippen LogP contribution < -0.4 is 5.32 Å². The van der Waals surface area contributed by atoms with E-state index in [-0.39, 0.29) is 0 Å². The summed E-state index contributed by atoms with van der Waals surface area (Å²) in [6.45, 7) is 6.29. The summed E-state index contributed by atoms with van der Waals surface area (Å²) in [6.07, 6.45) is 4.15. The smallest absolute Gasteiger partial charge is 0.0406 e. The predicted octanol–water partition coefficient (Wildman–Crippen LogP) is 3.13. The highest BCUT2D eigenvalue weighted by Gasteiger charge is 2.52. The molecule has 1 aromatic carbocycles. The van der Waals surface area contributed by atoms with Crippen molar-refractivity contribution < 1.29 is 0 Å². The lowest BCUT2D eigenvalue weighted by Crippen LogP contribution is -2.60. The zero-order chi connectivity index (χ0) is 13.6. The number of hydrogen-bond acceptors (Lipinski definition) is 2. The van der Waals surface area contributed by atoms with E-state index in [2.05, 4.69) is 34.5 Å². The van der Waals surface area contributed by atoms with E-state index in [1.54, 1.807) is 0 Å². The molecule has 0 aromatic heterocycles. The van der Waals surface area contributed by atoms with Gasteiger partial charge in [0.15, 0.2) is 0 Å². The summed E-state index contributed by atoms with van der Waals surface area (Å²) in [6, 6.07) is 8.61. The minimum atomic E-state index is 0.510. The van der Waals surface area contributed by atoms with Gasteiger partial charge < -0.3 is 10.2 Å². The summed E-state index contributed by atoms with van der Waals surface area (Å²) >= 11 is 6.07. The summed E-state index contributed by atoms with van der Waals surface area (Å²) in [4.78, 5) is 2.70. The third kappa shape index (κ3) is 2.01. The SMILES string of the molecule is Clc1ccc(C2CNCCC23CN2CCC3CC2)cc1. The van der Waals surface area contributed by atoms with Crippen molar-refractivity contribution in [3.8, 4) is 0 Å². The molecule has 0 amide bonds. The van der Waals surface area contributed by atoms with Crippen molar-refractivity contribution in [2.75, 3.05) is 32.7 Å². The molecular weight excluding hydrogens is 268 g/mol. The van der Waals surface area contributed by atoms with E-state index in [4.69, 9.17) is 11.6 Å². The van der Waals surface area contributed by atoms with E-state index in [9.17, 15) is 0 Å². The third-order valence-electron chi connectivity index (χ3n) is 6.00. The summed E-state index contributed by atoms with van der Waals surface area (Å²) in [5.74, 6) is 1.58. The maximum atomic E-state index is 6.07. The summed E-state index contributed by atoms with van der Waals surface area (Å²) in [5.41, 5.74) is 1.99. The van der Waals surface area contributed by atoms with E-state index in [1.807, 2.05) is 0 Å². The third-order valence-corrected chi connectivity index (χ3v) is 6.25. The topological polar surface area (TPSA) is 15.3 Å². The lowest BCUT2D eigenvalue weighted by atomic mass is 9.56. The molecule has 4 aliphatic heterocycles. The molecule has 4 heterocycles. The first-order valence-corrected chi connectivity index (χ1v) is 8.34. The van der Waals surface area contributed by atoms with Gasteiger partial charge in [0.25, 0.3) is 0 Å². The second-order valence-corrected chi connectivity index (χ2v) is 7.28. The first kappa shape index (κ1) is 13.1. The van der Waals surface area contributed by atoms with E-state index in [0.29, 0.717) is 11.3 Å². The quantitative estimate of drug-likeness (QED) is 0.855. The second kappa shape index (κ2) is 5.01. The largest absolute Gasteiger partial charge is 0.316 e. The predicted molar refractivity (Wildman–Crippen MR) is 83.3 cm³/mol. The molecule has 0 saturated carbocycles. The Morgan fingerprint density at radius 3 is 2.55 bits per heavy atom. The first-order valence-electron chi connectivity index (χ1n) is 7.96. The van der Waals surface area contributed by atoms with Gasteiger partial charge in [0.2, 0.25) is 0 Å². The molecule has 2 unspecified atom stereocenters. The van der Waals surface area contributed by atoms with Crippen LogP contribution >= 0.6 is 11.6 Å². The zero-order valence-corrected chi connectivity index (χ0v) is 12.7. The number of rotatable bonds is 1. The molecule has 1 spiro atoms. The highest BCUT2D eigenvalue weighted by atomic mass is 35.5. The Kier molecular flexibility index (Phi) is 3.29. The van der Waals surface area contributed by atoms with E-state index in [0.717, 1.165) is 17.5 Å². The Morgan fingerprint density at radius 2 is 1.90 bits per heavy atom. The number of piperidine rings is 4. The van der Waals surface area contributed by atoms with Crippen LogP contribution in [-0.4, -0.2) is 37.6 Å². The van der Waals surface area contributed by atoms with Crippen LogP contribution in [0.15, 0.2) is 24.3 Å². The van der Waals surface area contributed by atoms with Crippen molar-refractivity contribution in [3.63, 3.8) is 0 Å². The van der Waals surface area contributed by atoms with Crippen molar-refractivity contribution in [3.05, 3.63) is 34.9 Å². The second-order valence-electron chi connectivity index (χ2n) is 6.84. The Bertz CT molecular complexity index is 478. The molecule has 1 N–H and O–H groups in total. The average Bonchev–Trinajstić information content (AvgIpc) is 2.50. The summed E-state index contributed by atoms with van der Waals surface area (Å²) in [5, 5.41) is 4.48. The minimum absolute atomic E-state index is 0.510. The van der Waals surface area contributed by atoms with Gasteiger partial charge in [-0.25, -0.2) is 0 Å². The molecule has 0 radical (unpaired) electrons. The van der Waals surface area contributed by atoms with E-state index in [1.165, 1.54) is 51.0 Å². The van der Waals surface area contributed by atoms with Crippen LogP contribution in [0.1, 0.15) is 30.7 Å². The van der Waals surface area contributed by atoms with Crippen LogP contribution in [0.5, 0.6) is 0 Å². The molecular formula is C17H23ClN2.